The van der Waals surface area contributed by atoms with Crippen LogP contribution >= 0.6 is 0 Å². The summed E-state index contributed by atoms with van der Waals surface area (Å²) in [4.78, 5) is 0. The highest BCUT2D eigenvalue weighted by Crippen LogP contribution is 2.04. The highest BCUT2D eigenvalue weighted by molar-refractivity contribution is 5.51. The molecular weight excluding hydrogens is 148 g/mol. The summed E-state index contributed by atoms with van der Waals surface area (Å²) in [7, 11) is 0. The second-order valence-corrected chi connectivity index (χ2v) is 2.35. The molecule has 0 aromatic heterocycles. The highest BCUT2D eigenvalue weighted by Gasteiger charge is 1.86. The molecule has 0 aliphatic rings. The van der Waals surface area contributed by atoms with Gasteiger partial charge in [-0.25, -0.2) is 0 Å². The van der Waals surface area contributed by atoms with Gasteiger partial charge in [-0.3, -0.25) is 0 Å². The van der Waals surface area contributed by atoms with Crippen molar-refractivity contribution in [3.8, 4) is 12.3 Å². The number of aliphatic hydroxyl groups excluding tert-OH is 1. The van der Waals surface area contributed by atoms with Crippen LogP contribution in [0.25, 0.3) is 6.08 Å². The lowest BCUT2D eigenvalue weighted by molar-refractivity contribution is 0.343. The predicted molar refractivity (Wildman–Crippen MR) is 50.5 cm³/mol. The van der Waals surface area contributed by atoms with Gasteiger partial charge in [0.2, 0.25) is 0 Å². The summed E-state index contributed by atoms with van der Waals surface area (Å²) in [5.74, 6) is 2.54. The Hall–Kier alpha value is -1.52. The molecule has 1 aromatic rings. The second kappa shape index (κ2) is 4.38. The van der Waals surface area contributed by atoms with E-state index < -0.39 is 0 Å². The van der Waals surface area contributed by atoms with Crippen LogP contribution in [0.5, 0.6) is 0 Å². The third-order valence-electron chi connectivity index (χ3n) is 1.49. The Balaban J connectivity index is 2.80. The molecule has 0 saturated heterocycles. The summed E-state index contributed by atoms with van der Waals surface area (Å²) in [6, 6.07) is 7.58. The number of hydrogen-bond acceptors (Lipinski definition) is 1. The van der Waals surface area contributed by atoms with Gasteiger partial charge in [-0.2, -0.15) is 0 Å². The van der Waals surface area contributed by atoms with Crippen LogP contribution in [-0.2, 0) is 0 Å². The third-order valence-corrected chi connectivity index (χ3v) is 1.49. The molecule has 0 spiro atoms. The van der Waals surface area contributed by atoms with E-state index in [1.807, 2.05) is 30.3 Å². The summed E-state index contributed by atoms with van der Waals surface area (Å²) < 4.78 is 0. The first-order valence-electron chi connectivity index (χ1n) is 3.71. The zero-order chi connectivity index (χ0) is 8.81. The molecule has 0 unspecified atom stereocenters. The summed E-state index contributed by atoms with van der Waals surface area (Å²) in [6.45, 7) is 0.0664. The van der Waals surface area contributed by atoms with E-state index >= 15 is 0 Å². The van der Waals surface area contributed by atoms with Crippen molar-refractivity contribution in [2.45, 2.75) is 0 Å². The van der Waals surface area contributed by atoms with Gasteiger partial charge in [-0.1, -0.05) is 30.2 Å². The minimum Gasteiger partial charge on any atom is -0.392 e. The van der Waals surface area contributed by atoms with E-state index in [1.165, 1.54) is 0 Å². The average molecular weight is 158 g/mol. The average Bonchev–Trinajstić information content (AvgIpc) is 2.15. The molecule has 60 valence electrons. The Labute approximate surface area is 72.4 Å². The fraction of sp³-hybridized carbons (Fsp3) is 0.0909. The molecule has 0 radical (unpaired) electrons. The normalized spacial score (nSPS) is 10.0. The van der Waals surface area contributed by atoms with E-state index in [2.05, 4.69) is 5.92 Å². The molecule has 0 aliphatic carbocycles. The van der Waals surface area contributed by atoms with Crippen LogP contribution in [0.1, 0.15) is 11.1 Å². The van der Waals surface area contributed by atoms with E-state index in [1.54, 1.807) is 6.08 Å². The number of terminal acetylenes is 1. The molecule has 0 fully saturated rings. The summed E-state index contributed by atoms with van der Waals surface area (Å²) >= 11 is 0. The third kappa shape index (κ3) is 2.26. The molecule has 0 amide bonds. The molecule has 1 heteroatoms. The number of benzene rings is 1. The molecule has 1 nitrogen and oxygen atoms in total. The van der Waals surface area contributed by atoms with Crippen LogP contribution in [0, 0.1) is 12.3 Å². The van der Waals surface area contributed by atoms with Gasteiger partial charge in [0, 0.05) is 5.56 Å². The molecular formula is C11H10O. The van der Waals surface area contributed by atoms with Gasteiger partial charge in [-0.05, 0) is 17.7 Å². The zero-order valence-corrected chi connectivity index (χ0v) is 6.70. The predicted octanol–water partition coefficient (Wildman–Crippen LogP) is 1.67. The van der Waals surface area contributed by atoms with Crippen molar-refractivity contribution in [1.82, 2.24) is 0 Å². The van der Waals surface area contributed by atoms with Gasteiger partial charge < -0.3 is 5.11 Å². The molecule has 0 saturated carbocycles. The van der Waals surface area contributed by atoms with Gasteiger partial charge in [0.1, 0.15) is 0 Å². The largest absolute Gasteiger partial charge is 0.392 e. The first kappa shape index (κ1) is 8.58. The van der Waals surface area contributed by atoms with Crippen molar-refractivity contribution in [1.29, 1.82) is 0 Å². The maximum Gasteiger partial charge on any atom is 0.0615 e. The number of hydrogen-bond donors (Lipinski definition) is 1. The molecule has 1 aromatic carbocycles. The van der Waals surface area contributed by atoms with Crippen molar-refractivity contribution in [2.75, 3.05) is 6.61 Å². The standard InChI is InChI=1S/C11H10O/c1-2-10-5-7-11(8-6-10)4-3-9-12/h1,3-8,12H,9H2/b4-3+. The molecule has 0 aliphatic heterocycles. The molecule has 0 heterocycles. The van der Waals surface area contributed by atoms with Crippen LogP contribution in [0.4, 0.5) is 0 Å². The Morgan fingerprint density at radius 1 is 1.33 bits per heavy atom. The van der Waals surface area contributed by atoms with Gasteiger partial charge in [0.05, 0.1) is 6.61 Å². The maximum atomic E-state index is 8.51. The lowest BCUT2D eigenvalue weighted by Gasteiger charge is -1.92. The number of rotatable bonds is 2. The summed E-state index contributed by atoms with van der Waals surface area (Å²) in [5.41, 5.74) is 1.92. The Morgan fingerprint density at radius 3 is 2.50 bits per heavy atom. The van der Waals surface area contributed by atoms with E-state index in [4.69, 9.17) is 11.5 Å². The zero-order valence-electron chi connectivity index (χ0n) is 6.70. The molecule has 1 N–H and O–H groups in total. The van der Waals surface area contributed by atoms with Gasteiger partial charge in [0.15, 0.2) is 0 Å². The van der Waals surface area contributed by atoms with Crippen molar-refractivity contribution in [3.63, 3.8) is 0 Å². The molecule has 0 bridgehead atoms. The summed E-state index contributed by atoms with van der Waals surface area (Å²) in [5, 5.41) is 8.51. The Bertz CT molecular complexity index is 301. The Morgan fingerprint density at radius 2 is 2.00 bits per heavy atom. The lowest BCUT2D eigenvalue weighted by Crippen LogP contribution is -1.76. The molecule has 12 heavy (non-hydrogen) atoms. The van der Waals surface area contributed by atoms with E-state index in [9.17, 15) is 0 Å². The quantitative estimate of drug-likeness (QED) is 0.649. The van der Waals surface area contributed by atoms with Crippen LogP contribution < -0.4 is 0 Å². The monoisotopic (exact) mass is 158 g/mol. The van der Waals surface area contributed by atoms with Crippen molar-refractivity contribution >= 4 is 6.08 Å². The van der Waals surface area contributed by atoms with Crippen molar-refractivity contribution < 1.29 is 5.11 Å². The fourth-order valence-electron chi connectivity index (χ4n) is 0.879. The topological polar surface area (TPSA) is 20.2 Å². The maximum absolute atomic E-state index is 8.51. The minimum absolute atomic E-state index is 0.0664. The highest BCUT2D eigenvalue weighted by atomic mass is 16.2. The fourth-order valence-corrected chi connectivity index (χ4v) is 0.879. The minimum atomic E-state index is 0.0664. The van der Waals surface area contributed by atoms with E-state index in [-0.39, 0.29) is 6.61 Å². The van der Waals surface area contributed by atoms with Crippen LogP contribution in [0.2, 0.25) is 0 Å². The van der Waals surface area contributed by atoms with E-state index in [0.29, 0.717) is 0 Å². The molecule has 0 atom stereocenters. The number of aliphatic hydroxyl groups is 1. The van der Waals surface area contributed by atoms with Gasteiger partial charge in [0.25, 0.3) is 0 Å². The van der Waals surface area contributed by atoms with Crippen LogP contribution in [0.15, 0.2) is 30.3 Å². The Kier molecular flexibility index (Phi) is 3.13. The van der Waals surface area contributed by atoms with Crippen molar-refractivity contribution in [3.05, 3.63) is 41.5 Å². The first-order valence-corrected chi connectivity index (χ1v) is 3.71. The van der Waals surface area contributed by atoms with E-state index in [0.717, 1.165) is 11.1 Å². The second-order valence-electron chi connectivity index (χ2n) is 2.35. The lowest BCUT2D eigenvalue weighted by atomic mass is 10.1. The first-order chi connectivity index (χ1) is 5.86. The van der Waals surface area contributed by atoms with Crippen molar-refractivity contribution in [2.24, 2.45) is 0 Å². The molecule has 1 rings (SSSR count). The summed E-state index contributed by atoms with van der Waals surface area (Å²) in [6.07, 6.45) is 8.72. The van der Waals surface area contributed by atoms with Crippen LogP contribution in [0.3, 0.4) is 0 Å². The smallest absolute Gasteiger partial charge is 0.0615 e. The van der Waals surface area contributed by atoms with Gasteiger partial charge >= 0.3 is 0 Å². The SMILES string of the molecule is C#Cc1ccc(/C=C/CO)cc1. The van der Waals surface area contributed by atoms with Gasteiger partial charge in [-0.15, -0.1) is 6.42 Å². The van der Waals surface area contributed by atoms with Crippen LogP contribution in [-0.4, -0.2) is 11.7 Å².